The van der Waals surface area contributed by atoms with Gasteiger partial charge in [0.25, 0.3) is 0 Å². The molecule has 0 saturated heterocycles. The van der Waals surface area contributed by atoms with E-state index >= 15 is 0 Å². The Bertz CT molecular complexity index is 662. The van der Waals surface area contributed by atoms with Gasteiger partial charge in [0.15, 0.2) is 0 Å². The Labute approximate surface area is 131 Å². The smallest absolute Gasteiger partial charge is 0.366 e. The molecule has 1 rings (SSSR count). The quantitative estimate of drug-likeness (QED) is 0.641. The summed E-state index contributed by atoms with van der Waals surface area (Å²) in [5.41, 5.74) is 5.52. The van der Waals surface area contributed by atoms with Gasteiger partial charge < -0.3 is 10.7 Å². The fraction of sp³-hybridized carbons (Fsp3) is 0.333. The second kappa shape index (κ2) is 7.15. The van der Waals surface area contributed by atoms with Gasteiger partial charge in [-0.25, -0.2) is 5.84 Å². The van der Waals surface area contributed by atoms with Crippen LogP contribution < -0.4 is 11.6 Å². The summed E-state index contributed by atoms with van der Waals surface area (Å²) in [7, 11) is 0. The number of nitriles is 1. The van der Waals surface area contributed by atoms with Crippen molar-refractivity contribution in [3.05, 3.63) is 41.0 Å². The summed E-state index contributed by atoms with van der Waals surface area (Å²) in [6.07, 6.45) is -3.48. The number of amides is 1. The van der Waals surface area contributed by atoms with Crippen molar-refractivity contribution >= 4 is 11.6 Å². The van der Waals surface area contributed by atoms with E-state index in [2.05, 4.69) is 0 Å². The van der Waals surface area contributed by atoms with Gasteiger partial charge in [0.05, 0.1) is 23.2 Å². The van der Waals surface area contributed by atoms with E-state index in [9.17, 15) is 23.2 Å². The second-order valence-corrected chi connectivity index (χ2v) is 4.90. The molecular weight excluding hydrogens is 309 g/mol. The maximum absolute atomic E-state index is 12.8. The third-order valence-corrected chi connectivity index (χ3v) is 3.27. The first-order chi connectivity index (χ1) is 10.6. The number of hydrogen-bond acceptors (Lipinski definition) is 4. The monoisotopic (exact) mass is 326 g/mol. The molecule has 23 heavy (non-hydrogen) atoms. The van der Waals surface area contributed by atoms with Crippen molar-refractivity contribution in [2.24, 2.45) is 17.5 Å². The van der Waals surface area contributed by atoms with Crippen LogP contribution in [0.5, 0.6) is 0 Å². The van der Waals surface area contributed by atoms with E-state index in [1.54, 1.807) is 6.92 Å². The largest absolute Gasteiger partial charge is 0.394 e. The summed E-state index contributed by atoms with van der Waals surface area (Å²) in [6.45, 7) is 2.89. The zero-order valence-corrected chi connectivity index (χ0v) is 12.7. The first-order valence-corrected chi connectivity index (χ1v) is 6.76. The zero-order chi connectivity index (χ0) is 17.8. The van der Waals surface area contributed by atoms with Gasteiger partial charge >= 0.3 is 6.18 Å². The number of carbonyl (C=O) groups excluding carboxylic acids is 1. The van der Waals surface area contributed by atoms with Crippen LogP contribution in [0.4, 0.5) is 13.2 Å². The third-order valence-electron chi connectivity index (χ3n) is 3.27. The zero-order valence-electron chi connectivity index (χ0n) is 12.7. The number of hydrogen-bond donors (Lipinski definition) is 2. The number of halogens is 3. The standard InChI is InChI=1S/C15H17F3N4O/c1-3-22(21)13(6-9(2)15(16,17)18)12-5-4-10(14(20)23)7-11(12)8-19/h4-7,9H,3,21H2,1-2H3,(H2,20,23)/b13-6-. The van der Waals surface area contributed by atoms with Crippen molar-refractivity contribution in [2.45, 2.75) is 20.0 Å². The van der Waals surface area contributed by atoms with Crippen LogP contribution >= 0.6 is 0 Å². The average Bonchev–Trinajstić information content (AvgIpc) is 2.49. The topological polar surface area (TPSA) is 96.1 Å². The number of hydrazine groups is 1. The molecule has 8 heteroatoms. The highest BCUT2D eigenvalue weighted by Gasteiger charge is 2.35. The van der Waals surface area contributed by atoms with E-state index in [0.717, 1.165) is 18.0 Å². The number of primary amides is 1. The summed E-state index contributed by atoms with van der Waals surface area (Å²) in [4.78, 5) is 11.2. The molecule has 0 bridgehead atoms. The van der Waals surface area contributed by atoms with Gasteiger partial charge in [-0.1, -0.05) is 13.0 Å². The van der Waals surface area contributed by atoms with Crippen molar-refractivity contribution < 1.29 is 18.0 Å². The highest BCUT2D eigenvalue weighted by Crippen LogP contribution is 2.31. The fourth-order valence-corrected chi connectivity index (χ4v) is 1.86. The van der Waals surface area contributed by atoms with Crippen LogP contribution in [0.25, 0.3) is 5.70 Å². The van der Waals surface area contributed by atoms with Crippen molar-refractivity contribution in [2.75, 3.05) is 6.54 Å². The van der Waals surface area contributed by atoms with Gasteiger partial charge in [0.1, 0.15) is 0 Å². The number of carbonyl (C=O) groups is 1. The van der Waals surface area contributed by atoms with E-state index in [-0.39, 0.29) is 28.9 Å². The molecule has 0 spiro atoms. The minimum absolute atomic E-state index is 0.0193. The van der Waals surface area contributed by atoms with Crippen LogP contribution in [0, 0.1) is 17.2 Å². The molecule has 0 saturated carbocycles. The van der Waals surface area contributed by atoms with E-state index in [1.165, 1.54) is 18.2 Å². The summed E-state index contributed by atoms with van der Waals surface area (Å²) >= 11 is 0. The van der Waals surface area contributed by atoms with Gasteiger partial charge in [-0.2, -0.15) is 18.4 Å². The first-order valence-electron chi connectivity index (χ1n) is 6.76. The average molecular weight is 326 g/mol. The fourth-order valence-electron chi connectivity index (χ4n) is 1.86. The molecule has 1 atom stereocenters. The molecule has 0 radical (unpaired) electrons. The highest BCUT2D eigenvalue weighted by atomic mass is 19.4. The van der Waals surface area contributed by atoms with Gasteiger partial charge in [-0.15, -0.1) is 0 Å². The minimum atomic E-state index is -4.43. The number of allylic oxidation sites excluding steroid dienone is 1. The lowest BCUT2D eigenvalue weighted by molar-refractivity contribution is -0.156. The molecule has 0 aromatic heterocycles. The predicted octanol–water partition coefficient (Wildman–Crippen LogP) is 2.39. The molecule has 0 aliphatic heterocycles. The minimum Gasteiger partial charge on any atom is -0.366 e. The second-order valence-electron chi connectivity index (χ2n) is 4.90. The number of nitrogens with zero attached hydrogens (tertiary/aromatic N) is 2. The lowest BCUT2D eigenvalue weighted by Gasteiger charge is -2.24. The van der Waals surface area contributed by atoms with Crippen LogP contribution in [0.3, 0.4) is 0 Å². The molecule has 124 valence electrons. The van der Waals surface area contributed by atoms with Gasteiger partial charge in [0, 0.05) is 17.7 Å². The molecule has 0 heterocycles. The normalized spacial score (nSPS) is 13.3. The van der Waals surface area contributed by atoms with Crippen molar-refractivity contribution in [1.29, 1.82) is 5.26 Å². The Balaban J connectivity index is 3.48. The van der Waals surface area contributed by atoms with Crippen LogP contribution in [0.15, 0.2) is 24.3 Å². The van der Waals surface area contributed by atoms with E-state index in [4.69, 9.17) is 11.6 Å². The van der Waals surface area contributed by atoms with Crippen LogP contribution in [0.2, 0.25) is 0 Å². The molecule has 5 nitrogen and oxygen atoms in total. The molecule has 1 aromatic carbocycles. The molecule has 1 aromatic rings. The first kappa shape index (κ1) is 18.5. The Kier molecular flexibility index (Phi) is 5.76. The number of rotatable bonds is 5. The van der Waals surface area contributed by atoms with Crippen LogP contribution in [0.1, 0.15) is 35.3 Å². The number of alkyl halides is 3. The number of nitrogens with two attached hydrogens (primary N) is 2. The van der Waals surface area contributed by atoms with Crippen molar-refractivity contribution in [3.63, 3.8) is 0 Å². The predicted molar refractivity (Wildman–Crippen MR) is 79.4 cm³/mol. The summed E-state index contributed by atoms with van der Waals surface area (Å²) in [6, 6.07) is 5.79. The molecule has 0 aliphatic carbocycles. The lowest BCUT2D eigenvalue weighted by Crippen LogP contribution is -2.31. The van der Waals surface area contributed by atoms with E-state index in [0.29, 0.717) is 0 Å². The van der Waals surface area contributed by atoms with E-state index in [1.807, 2.05) is 6.07 Å². The Morgan fingerprint density at radius 3 is 2.52 bits per heavy atom. The summed E-state index contributed by atoms with van der Waals surface area (Å²) < 4.78 is 38.4. The Hall–Kier alpha value is -2.53. The van der Waals surface area contributed by atoms with Crippen molar-refractivity contribution in [1.82, 2.24) is 5.01 Å². The van der Waals surface area contributed by atoms with Crippen LogP contribution in [-0.4, -0.2) is 23.6 Å². The Morgan fingerprint density at radius 2 is 2.09 bits per heavy atom. The van der Waals surface area contributed by atoms with Gasteiger partial charge in [0.2, 0.25) is 5.91 Å². The maximum Gasteiger partial charge on any atom is 0.394 e. The Morgan fingerprint density at radius 1 is 1.48 bits per heavy atom. The SMILES string of the molecule is CCN(N)/C(=C\C(C)C(F)(F)F)c1ccc(C(N)=O)cc1C#N. The summed E-state index contributed by atoms with van der Waals surface area (Å²) in [5.74, 6) is 3.27. The lowest BCUT2D eigenvalue weighted by atomic mass is 9.98. The van der Waals surface area contributed by atoms with Gasteiger partial charge in [-0.3, -0.25) is 4.79 Å². The molecular formula is C15H17F3N4O. The van der Waals surface area contributed by atoms with Crippen LogP contribution in [-0.2, 0) is 0 Å². The molecule has 0 aliphatic rings. The summed E-state index contributed by atoms with van der Waals surface area (Å²) in [5, 5.41) is 10.3. The molecule has 0 fully saturated rings. The molecule has 4 N–H and O–H groups in total. The van der Waals surface area contributed by atoms with Crippen molar-refractivity contribution in [3.8, 4) is 6.07 Å². The maximum atomic E-state index is 12.8. The van der Waals surface area contributed by atoms with Gasteiger partial charge in [-0.05, 0) is 25.1 Å². The molecule has 1 unspecified atom stereocenters. The number of benzene rings is 1. The van der Waals surface area contributed by atoms with E-state index < -0.39 is 18.0 Å². The third kappa shape index (κ3) is 4.47. The highest BCUT2D eigenvalue weighted by molar-refractivity contribution is 5.93. The molecule has 1 amide bonds.